The number of hydrogen-bond acceptors (Lipinski definition) is 5. The first-order valence-corrected chi connectivity index (χ1v) is 15.1. The third-order valence-electron chi connectivity index (χ3n) is 14.2. The number of carbonyl (C=O) groups is 2. The topological polar surface area (TPSA) is 93.1 Å². The van der Waals surface area contributed by atoms with Gasteiger partial charge in [0, 0.05) is 30.1 Å². The van der Waals surface area contributed by atoms with E-state index >= 15 is 0 Å². The lowest BCUT2D eigenvalue weighted by Gasteiger charge is -2.74. The summed E-state index contributed by atoms with van der Waals surface area (Å²) in [4.78, 5) is 25.4. The van der Waals surface area contributed by atoms with Gasteiger partial charge >= 0.3 is 11.9 Å². The number of carboxylic acids is 1. The van der Waals surface area contributed by atoms with Gasteiger partial charge in [0.05, 0.1) is 6.61 Å². The van der Waals surface area contributed by atoms with Crippen molar-refractivity contribution in [1.29, 1.82) is 0 Å². The molecule has 6 nitrogen and oxygen atoms in total. The molecule has 212 valence electrons. The number of aliphatic hydroxyl groups is 1. The van der Waals surface area contributed by atoms with Gasteiger partial charge in [-0.1, -0.05) is 53.2 Å². The number of rotatable bonds is 2. The average molecular weight is 529 g/mol. The molecule has 0 aromatic rings. The number of allylic oxidation sites excluding steroid dienone is 2. The molecule has 2 N–H and O–H groups in total. The van der Waals surface area contributed by atoms with E-state index in [0.29, 0.717) is 37.7 Å². The smallest absolute Gasteiger partial charge is 0.314 e. The Morgan fingerprint density at radius 1 is 1.03 bits per heavy atom. The lowest BCUT2D eigenvalue weighted by Crippen LogP contribution is -2.73. The molecule has 0 aromatic carbocycles. The highest BCUT2D eigenvalue weighted by Crippen LogP contribution is 2.78. The standard InChI is InChI=1S/C32H48O6/c1-18-16-24(38-20(3)33)31(26(34)35)14-12-28(6)21(25(31)19(18)2)8-9-23-29(28,7)11-10-22-27(4,5)32(36)15-13-30(22,23)17-37-32/h8,18-19,22-25,36H,9-17H2,1-7H3,(H,34,35)/t18-,19+,22+,23+,24-,25+,28-,29-,30-,31-,32+/m1/s1. The molecular weight excluding hydrogens is 480 g/mol. The van der Waals surface area contributed by atoms with Crippen molar-refractivity contribution < 1.29 is 29.3 Å². The first-order valence-electron chi connectivity index (χ1n) is 15.1. The largest absolute Gasteiger partial charge is 0.481 e. The minimum Gasteiger partial charge on any atom is -0.481 e. The van der Waals surface area contributed by atoms with E-state index in [1.807, 2.05) is 0 Å². The Morgan fingerprint density at radius 3 is 2.34 bits per heavy atom. The monoisotopic (exact) mass is 528 g/mol. The number of ether oxygens (including phenoxy) is 2. The van der Waals surface area contributed by atoms with E-state index in [1.165, 1.54) is 12.5 Å². The van der Waals surface area contributed by atoms with E-state index in [1.54, 1.807) is 0 Å². The second-order valence-corrected chi connectivity index (χ2v) is 15.3. The van der Waals surface area contributed by atoms with Crippen LogP contribution in [0.2, 0.25) is 0 Å². The van der Waals surface area contributed by atoms with Crippen LogP contribution in [0.5, 0.6) is 0 Å². The van der Waals surface area contributed by atoms with Crippen LogP contribution in [-0.2, 0) is 19.1 Å². The van der Waals surface area contributed by atoms with E-state index in [9.17, 15) is 19.8 Å². The lowest BCUT2D eigenvalue weighted by atomic mass is 9.32. The molecule has 0 radical (unpaired) electrons. The molecule has 0 unspecified atom stereocenters. The number of esters is 1. The van der Waals surface area contributed by atoms with Gasteiger partial charge in [0.25, 0.3) is 0 Å². The Bertz CT molecular complexity index is 1080. The van der Waals surface area contributed by atoms with Crippen LogP contribution < -0.4 is 0 Å². The van der Waals surface area contributed by atoms with Crippen molar-refractivity contribution in [3.8, 4) is 0 Å². The summed E-state index contributed by atoms with van der Waals surface area (Å²) in [6.07, 6.45) is 8.57. The predicted molar refractivity (Wildman–Crippen MR) is 143 cm³/mol. The van der Waals surface area contributed by atoms with Crippen molar-refractivity contribution in [1.82, 2.24) is 0 Å². The SMILES string of the molecule is CC(=O)O[C@@H]1C[C@@H](C)[C@H](C)[C@H]2C3=CC[C@@H]4[C@]56CC[C@](O)(OC5)C(C)(C)[C@@H]6CC[C@@]4(C)[C@]3(C)CC[C@]21C(=O)O. The van der Waals surface area contributed by atoms with Crippen molar-refractivity contribution >= 4 is 11.9 Å². The fourth-order valence-electron chi connectivity index (χ4n) is 11.7. The molecule has 2 saturated heterocycles. The van der Waals surface area contributed by atoms with Crippen molar-refractivity contribution in [2.45, 2.75) is 112 Å². The molecule has 0 aromatic heterocycles. The number of carbonyl (C=O) groups excluding carboxylic acids is 1. The van der Waals surface area contributed by atoms with E-state index in [2.05, 4.69) is 47.6 Å². The maximum Gasteiger partial charge on any atom is 0.314 e. The summed E-state index contributed by atoms with van der Waals surface area (Å²) in [6.45, 7) is 15.8. The van der Waals surface area contributed by atoms with Gasteiger partial charge in [0.2, 0.25) is 0 Å². The fraction of sp³-hybridized carbons (Fsp3) is 0.875. The summed E-state index contributed by atoms with van der Waals surface area (Å²) in [5.74, 6) is -1.05. The van der Waals surface area contributed by atoms with E-state index in [0.717, 1.165) is 32.1 Å². The molecule has 2 heterocycles. The van der Waals surface area contributed by atoms with Crippen LogP contribution in [0, 0.1) is 56.7 Å². The van der Waals surface area contributed by atoms with Crippen LogP contribution in [0.3, 0.4) is 0 Å². The zero-order valence-corrected chi connectivity index (χ0v) is 24.4. The van der Waals surface area contributed by atoms with Crippen LogP contribution in [0.1, 0.15) is 99.8 Å². The van der Waals surface area contributed by atoms with Crippen LogP contribution in [0.25, 0.3) is 0 Å². The van der Waals surface area contributed by atoms with Crippen molar-refractivity contribution in [3.05, 3.63) is 11.6 Å². The zero-order chi connectivity index (χ0) is 27.7. The molecule has 2 bridgehead atoms. The Labute approximate surface area is 227 Å². The first-order chi connectivity index (χ1) is 17.6. The molecule has 7 aliphatic rings. The predicted octanol–water partition coefficient (Wildman–Crippen LogP) is 5.97. The summed E-state index contributed by atoms with van der Waals surface area (Å²) in [6, 6.07) is 0. The molecule has 0 amide bonds. The van der Waals surface area contributed by atoms with Gasteiger partial charge in [0.15, 0.2) is 5.79 Å². The average Bonchev–Trinajstić information content (AvgIpc) is 2.83. The van der Waals surface area contributed by atoms with Gasteiger partial charge in [0.1, 0.15) is 11.5 Å². The molecule has 11 atom stereocenters. The molecule has 38 heavy (non-hydrogen) atoms. The number of hydrogen-bond donors (Lipinski definition) is 2. The van der Waals surface area contributed by atoms with Crippen LogP contribution in [0.4, 0.5) is 0 Å². The van der Waals surface area contributed by atoms with Gasteiger partial charge in [-0.15, -0.1) is 0 Å². The quantitative estimate of drug-likeness (QED) is 0.339. The van der Waals surface area contributed by atoms with Crippen molar-refractivity contribution in [2.75, 3.05) is 6.61 Å². The third-order valence-corrected chi connectivity index (χ3v) is 14.2. The fourth-order valence-corrected chi connectivity index (χ4v) is 11.7. The minimum atomic E-state index is -1.07. The Balaban J connectivity index is 1.47. The van der Waals surface area contributed by atoms with Gasteiger partial charge in [-0.3, -0.25) is 9.59 Å². The lowest BCUT2D eigenvalue weighted by molar-refractivity contribution is -0.395. The summed E-state index contributed by atoms with van der Waals surface area (Å²) < 4.78 is 12.2. The normalized spacial score (nSPS) is 54.5. The molecule has 6 fully saturated rings. The molecule has 6 heteroatoms. The maximum absolute atomic E-state index is 13.2. The Hall–Kier alpha value is -1.40. The summed E-state index contributed by atoms with van der Waals surface area (Å²) in [7, 11) is 0. The van der Waals surface area contributed by atoms with Gasteiger partial charge in [-0.2, -0.15) is 0 Å². The highest BCUT2D eigenvalue weighted by molar-refractivity contribution is 5.78. The third kappa shape index (κ3) is 2.87. The van der Waals surface area contributed by atoms with Gasteiger partial charge in [-0.25, -0.2) is 0 Å². The minimum absolute atomic E-state index is 0.0157. The van der Waals surface area contributed by atoms with Crippen LogP contribution in [0.15, 0.2) is 11.6 Å². The summed E-state index contributed by atoms with van der Waals surface area (Å²) in [5, 5.41) is 22.2. The number of carboxylic acid groups (broad SMARTS) is 1. The second kappa shape index (κ2) is 7.87. The number of fused-ring (bicyclic) bond motifs is 7. The highest BCUT2D eigenvalue weighted by Gasteiger charge is 2.75. The Kier molecular flexibility index (Phi) is 5.55. The molecule has 5 aliphatic carbocycles. The zero-order valence-electron chi connectivity index (χ0n) is 24.4. The van der Waals surface area contributed by atoms with Crippen LogP contribution in [-0.4, -0.2) is 40.6 Å². The van der Waals surface area contributed by atoms with Gasteiger partial charge in [-0.05, 0) is 79.4 Å². The van der Waals surface area contributed by atoms with Crippen molar-refractivity contribution in [2.24, 2.45) is 56.7 Å². The van der Waals surface area contributed by atoms with Crippen molar-refractivity contribution in [3.63, 3.8) is 0 Å². The van der Waals surface area contributed by atoms with Crippen LogP contribution >= 0.6 is 0 Å². The maximum atomic E-state index is 13.2. The van der Waals surface area contributed by atoms with E-state index < -0.39 is 23.3 Å². The first kappa shape index (κ1) is 26.8. The second-order valence-electron chi connectivity index (χ2n) is 15.3. The van der Waals surface area contributed by atoms with E-state index in [-0.39, 0.29) is 45.4 Å². The highest BCUT2D eigenvalue weighted by atomic mass is 16.6. The number of aliphatic carboxylic acids is 1. The molecule has 7 rings (SSSR count). The molecular formula is C32H48O6. The Morgan fingerprint density at radius 2 is 1.74 bits per heavy atom. The molecule has 2 aliphatic heterocycles. The molecule has 1 spiro atoms. The summed E-state index contributed by atoms with van der Waals surface area (Å²) >= 11 is 0. The van der Waals surface area contributed by atoms with Gasteiger partial charge < -0.3 is 19.7 Å². The summed E-state index contributed by atoms with van der Waals surface area (Å²) in [5.41, 5.74) is -0.106. The molecule has 4 saturated carbocycles. The van der Waals surface area contributed by atoms with E-state index in [4.69, 9.17) is 9.47 Å².